The topological polar surface area (TPSA) is 158 Å². The zero-order valence-corrected chi connectivity index (χ0v) is 13.9. The lowest BCUT2D eigenvalue weighted by Gasteiger charge is -1.97. The molecule has 24 heavy (non-hydrogen) atoms. The first-order valence-electron chi connectivity index (χ1n) is 7.74. The number of benzene rings is 1. The van der Waals surface area contributed by atoms with Crippen molar-refractivity contribution < 1.29 is 4.79 Å². The molecule has 0 saturated heterocycles. The van der Waals surface area contributed by atoms with Crippen molar-refractivity contribution in [3.8, 4) is 0 Å². The Morgan fingerprint density at radius 1 is 0.833 bits per heavy atom. The van der Waals surface area contributed by atoms with E-state index in [1.165, 1.54) is 6.08 Å². The molecule has 0 bridgehead atoms. The van der Waals surface area contributed by atoms with Crippen molar-refractivity contribution in [2.24, 2.45) is 37.9 Å². The molecule has 0 aliphatic rings. The maximum Gasteiger partial charge on any atom is 0.235 e. The fourth-order valence-electron chi connectivity index (χ4n) is 1.70. The maximum absolute atomic E-state index is 9.69. The van der Waals surface area contributed by atoms with Crippen molar-refractivity contribution in [1.29, 1.82) is 0 Å². The fourth-order valence-corrected chi connectivity index (χ4v) is 1.70. The lowest BCUT2D eigenvalue weighted by molar-refractivity contribution is 0.563. The van der Waals surface area contributed by atoms with Crippen molar-refractivity contribution in [2.45, 2.75) is 32.2 Å². The van der Waals surface area contributed by atoms with Gasteiger partial charge in [0.15, 0.2) is 11.9 Å². The Bertz CT molecular complexity index is 507. The smallest absolute Gasteiger partial charge is 0.235 e. The third-order valence-corrected chi connectivity index (χ3v) is 2.82. The lowest BCUT2D eigenvalue weighted by atomic mass is 10.2. The number of nitrogens with zero attached hydrogens (tertiary/aromatic N) is 3. The van der Waals surface area contributed by atoms with Crippen LogP contribution in [-0.4, -0.2) is 31.1 Å². The van der Waals surface area contributed by atoms with Gasteiger partial charge in [-0.15, -0.1) is 0 Å². The highest BCUT2D eigenvalue weighted by Crippen LogP contribution is 2.00. The van der Waals surface area contributed by atoms with Gasteiger partial charge < -0.3 is 22.9 Å². The van der Waals surface area contributed by atoms with Gasteiger partial charge in [-0.05, 0) is 18.4 Å². The molecule has 0 amide bonds. The molecule has 1 rings (SSSR count). The van der Waals surface area contributed by atoms with Gasteiger partial charge in [-0.1, -0.05) is 43.2 Å². The number of hydrogen-bond donors (Lipinski definition) is 4. The van der Waals surface area contributed by atoms with Crippen LogP contribution in [0.1, 0.15) is 31.2 Å². The third-order valence-electron chi connectivity index (χ3n) is 2.82. The molecule has 0 heterocycles. The normalized spacial score (nSPS) is 9.00. The Morgan fingerprint density at radius 3 is 1.75 bits per heavy atom. The molecule has 0 saturated carbocycles. The molecular formula is C16H27N7O. The summed E-state index contributed by atoms with van der Waals surface area (Å²) in [6, 6.07) is 9.58. The molecule has 8 heteroatoms. The molecule has 1 aromatic rings. The van der Waals surface area contributed by atoms with Gasteiger partial charge in [0.1, 0.15) is 0 Å². The molecule has 8 N–H and O–H groups in total. The van der Waals surface area contributed by atoms with Crippen LogP contribution < -0.4 is 22.9 Å². The minimum atomic E-state index is 0.158. The summed E-state index contributed by atoms with van der Waals surface area (Å²) in [5, 5.41) is 0. The maximum atomic E-state index is 9.69. The number of isocyanates is 1. The highest BCUT2D eigenvalue weighted by atomic mass is 16.1. The predicted octanol–water partition coefficient (Wildman–Crippen LogP) is 0.616. The van der Waals surface area contributed by atoms with Gasteiger partial charge in [0.25, 0.3) is 0 Å². The van der Waals surface area contributed by atoms with Crippen LogP contribution in [0.2, 0.25) is 0 Å². The van der Waals surface area contributed by atoms with E-state index < -0.39 is 0 Å². The van der Waals surface area contributed by atoms with Crippen LogP contribution in [0.4, 0.5) is 0 Å². The van der Waals surface area contributed by atoms with E-state index >= 15 is 0 Å². The van der Waals surface area contributed by atoms with Crippen LogP contribution in [0.25, 0.3) is 0 Å². The van der Waals surface area contributed by atoms with Crippen LogP contribution in [0, 0.1) is 0 Å². The average Bonchev–Trinajstić information content (AvgIpc) is 2.56. The first kappa shape index (κ1) is 21.1. The number of aliphatic imine (C=N–C) groups is 3. The van der Waals surface area contributed by atoms with Crippen LogP contribution >= 0.6 is 0 Å². The summed E-state index contributed by atoms with van der Waals surface area (Å²) < 4.78 is 0. The van der Waals surface area contributed by atoms with Gasteiger partial charge in [-0.3, -0.25) is 9.98 Å². The zero-order valence-electron chi connectivity index (χ0n) is 13.9. The summed E-state index contributed by atoms with van der Waals surface area (Å²) in [6.45, 7) is 1.83. The second kappa shape index (κ2) is 15.1. The quantitative estimate of drug-likeness (QED) is 0.225. The van der Waals surface area contributed by atoms with Gasteiger partial charge in [-0.25, -0.2) is 9.79 Å². The Hall–Kier alpha value is -2.86. The monoisotopic (exact) mass is 333 g/mol. The van der Waals surface area contributed by atoms with E-state index in [0.717, 1.165) is 31.2 Å². The number of unbranched alkanes of at least 4 members (excludes halogenated alkanes) is 3. The van der Waals surface area contributed by atoms with E-state index in [9.17, 15) is 4.79 Å². The van der Waals surface area contributed by atoms with Gasteiger partial charge in [0.2, 0.25) is 6.08 Å². The van der Waals surface area contributed by atoms with E-state index in [-0.39, 0.29) is 11.9 Å². The Morgan fingerprint density at radius 2 is 1.33 bits per heavy atom. The molecule has 132 valence electrons. The highest BCUT2D eigenvalue weighted by molar-refractivity contribution is 5.75. The van der Waals surface area contributed by atoms with E-state index in [2.05, 4.69) is 15.0 Å². The summed E-state index contributed by atoms with van der Waals surface area (Å²) in [7, 11) is 0. The molecule has 0 aromatic heterocycles. The minimum absolute atomic E-state index is 0.158. The molecule has 0 spiro atoms. The molecule has 0 fully saturated rings. The number of hydrogen-bond acceptors (Lipinski definition) is 4. The molecule has 8 nitrogen and oxygen atoms in total. The van der Waals surface area contributed by atoms with Crippen molar-refractivity contribution >= 4 is 18.0 Å². The van der Waals surface area contributed by atoms with Crippen molar-refractivity contribution in [1.82, 2.24) is 0 Å². The standard InChI is InChI=1S/C8H20N6.C8H7NO/c9-7(10)13-5-3-1-2-4-6-14-8(11)12;10-7-9-6-8-4-2-1-3-5-8/h1-6H2,(H4,9,10,13)(H4,11,12,14);1-5H,6H2. The summed E-state index contributed by atoms with van der Waals surface area (Å²) >= 11 is 0. The SMILES string of the molecule is NC(N)=NCCCCCCN=C(N)N.O=C=NCc1ccccc1. The van der Waals surface area contributed by atoms with Crippen LogP contribution in [-0.2, 0) is 11.3 Å². The van der Waals surface area contributed by atoms with Gasteiger partial charge in [-0.2, -0.15) is 0 Å². The second-order valence-corrected chi connectivity index (χ2v) is 4.92. The van der Waals surface area contributed by atoms with Crippen LogP contribution in [0.15, 0.2) is 45.3 Å². The van der Waals surface area contributed by atoms with E-state index in [4.69, 9.17) is 22.9 Å². The minimum Gasteiger partial charge on any atom is -0.370 e. The third kappa shape index (κ3) is 15.5. The summed E-state index contributed by atoms with van der Waals surface area (Å²) in [4.78, 5) is 20.9. The van der Waals surface area contributed by atoms with Gasteiger partial charge >= 0.3 is 0 Å². The molecule has 0 atom stereocenters. The van der Waals surface area contributed by atoms with Crippen LogP contribution in [0.5, 0.6) is 0 Å². The van der Waals surface area contributed by atoms with Crippen LogP contribution in [0.3, 0.4) is 0 Å². The Kier molecular flexibility index (Phi) is 13.3. The predicted molar refractivity (Wildman–Crippen MR) is 98.1 cm³/mol. The number of nitrogens with two attached hydrogens (primary N) is 4. The molecular weight excluding hydrogens is 306 g/mol. The molecule has 0 radical (unpaired) electrons. The highest BCUT2D eigenvalue weighted by Gasteiger charge is 1.89. The number of carbonyl (C=O) groups excluding carboxylic acids is 1. The summed E-state index contributed by atoms with van der Waals surface area (Å²) in [5.74, 6) is 0.316. The first-order valence-corrected chi connectivity index (χ1v) is 7.74. The van der Waals surface area contributed by atoms with Crippen molar-refractivity contribution in [3.05, 3.63) is 35.9 Å². The summed E-state index contributed by atoms with van der Waals surface area (Å²) in [5.41, 5.74) is 21.7. The lowest BCUT2D eigenvalue weighted by Crippen LogP contribution is -2.23. The molecule has 0 unspecified atom stereocenters. The molecule has 0 aliphatic carbocycles. The van der Waals surface area contributed by atoms with Gasteiger partial charge in [0, 0.05) is 13.1 Å². The zero-order chi connectivity index (χ0) is 18.0. The summed E-state index contributed by atoms with van der Waals surface area (Å²) in [6.07, 6.45) is 5.68. The Labute approximate surface area is 142 Å². The first-order chi connectivity index (χ1) is 11.6. The molecule has 1 aromatic carbocycles. The number of rotatable bonds is 9. The fraction of sp³-hybridized carbons (Fsp3) is 0.438. The largest absolute Gasteiger partial charge is 0.370 e. The average molecular weight is 333 g/mol. The number of guanidine groups is 2. The van der Waals surface area contributed by atoms with Crippen molar-refractivity contribution in [3.63, 3.8) is 0 Å². The van der Waals surface area contributed by atoms with Gasteiger partial charge in [0.05, 0.1) is 6.54 Å². The van der Waals surface area contributed by atoms with Crippen molar-refractivity contribution in [2.75, 3.05) is 13.1 Å². The second-order valence-electron chi connectivity index (χ2n) is 4.92. The molecule has 0 aliphatic heterocycles. The Balaban J connectivity index is 0.000000463. The van der Waals surface area contributed by atoms with E-state index in [0.29, 0.717) is 19.6 Å². The van der Waals surface area contributed by atoms with E-state index in [1.54, 1.807) is 0 Å². The van der Waals surface area contributed by atoms with E-state index in [1.807, 2.05) is 30.3 Å².